The summed E-state index contributed by atoms with van der Waals surface area (Å²) in [7, 11) is 0. The fraction of sp³-hybridized carbons (Fsp3) is 0.488. The molecule has 8 unspecified atom stereocenters. The van der Waals surface area contributed by atoms with E-state index < -0.39 is 89.9 Å². The van der Waals surface area contributed by atoms with Gasteiger partial charge in [-0.05, 0) is 63.6 Å². The number of amides is 7. The fourth-order valence-corrected chi connectivity index (χ4v) is 6.62. The SMILES string of the molecule is CCCCC(NC(C)=O)C(=O)NC(C)C(=O)NC(C)C(=O)NC(Cc1ccccc1)C(=O)NC(CCCN=C(N)N)C(=O)NC(C)C(O)NC(Cc1c[nH]c2ccccc12)C(N)=O. The molecule has 0 saturated heterocycles. The molecule has 15 N–H and O–H groups in total. The van der Waals surface area contributed by atoms with Gasteiger partial charge in [0.15, 0.2) is 5.96 Å². The number of H-pyrrole nitrogens is 1. The highest BCUT2D eigenvalue weighted by molar-refractivity contribution is 5.96. The van der Waals surface area contributed by atoms with Crippen LogP contribution in [0.15, 0.2) is 65.8 Å². The number of guanidine groups is 1. The van der Waals surface area contributed by atoms with Crippen molar-refractivity contribution in [1.82, 2.24) is 42.2 Å². The van der Waals surface area contributed by atoms with Crippen molar-refractivity contribution in [1.29, 1.82) is 0 Å². The van der Waals surface area contributed by atoms with Crippen LogP contribution >= 0.6 is 0 Å². The Morgan fingerprint density at radius 1 is 0.667 bits per heavy atom. The quantitative estimate of drug-likeness (QED) is 0.0200. The average molecular weight is 877 g/mol. The van der Waals surface area contributed by atoms with E-state index in [2.05, 4.69) is 47.2 Å². The third kappa shape index (κ3) is 17.0. The minimum atomic E-state index is -1.45. The lowest BCUT2D eigenvalue weighted by molar-refractivity contribution is -0.134. The fourth-order valence-electron chi connectivity index (χ4n) is 6.62. The zero-order valence-electron chi connectivity index (χ0n) is 36.5. The second-order valence-electron chi connectivity index (χ2n) is 15.5. The average Bonchev–Trinajstić information content (AvgIpc) is 3.65. The van der Waals surface area contributed by atoms with Crippen molar-refractivity contribution in [3.8, 4) is 0 Å². The van der Waals surface area contributed by atoms with Crippen molar-refractivity contribution < 1.29 is 38.7 Å². The molecule has 3 rings (SSSR count). The largest absolute Gasteiger partial charge is 0.376 e. The molecule has 8 atom stereocenters. The minimum Gasteiger partial charge on any atom is -0.376 e. The number of benzene rings is 2. The van der Waals surface area contributed by atoms with E-state index in [0.717, 1.165) is 22.9 Å². The molecule has 0 saturated carbocycles. The molecule has 0 radical (unpaired) electrons. The van der Waals surface area contributed by atoms with Gasteiger partial charge < -0.3 is 59.2 Å². The van der Waals surface area contributed by atoms with Crippen LogP contribution in [0.2, 0.25) is 0 Å². The van der Waals surface area contributed by atoms with Crippen molar-refractivity contribution in [2.24, 2.45) is 22.2 Å². The van der Waals surface area contributed by atoms with Crippen LogP contribution in [0.5, 0.6) is 0 Å². The van der Waals surface area contributed by atoms with Gasteiger partial charge in [0, 0.05) is 37.0 Å². The molecule has 20 nitrogen and oxygen atoms in total. The van der Waals surface area contributed by atoms with Crippen LogP contribution < -0.4 is 54.4 Å². The normalized spacial score (nSPS) is 14.9. The Labute approximate surface area is 367 Å². The summed E-state index contributed by atoms with van der Waals surface area (Å²) in [6.07, 6.45) is 2.57. The molecule has 63 heavy (non-hydrogen) atoms. The number of hydrogen-bond donors (Lipinski definition) is 12. The van der Waals surface area contributed by atoms with Crippen molar-refractivity contribution in [2.75, 3.05) is 6.54 Å². The summed E-state index contributed by atoms with van der Waals surface area (Å²) >= 11 is 0. The van der Waals surface area contributed by atoms with Crippen LogP contribution in [0.4, 0.5) is 0 Å². The van der Waals surface area contributed by atoms with Gasteiger partial charge >= 0.3 is 0 Å². The highest BCUT2D eigenvalue weighted by Gasteiger charge is 2.32. The Morgan fingerprint density at radius 2 is 1.22 bits per heavy atom. The van der Waals surface area contributed by atoms with Crippen LogP contribution in [0.3, 0.4) is 0 Å². The molecule has 0 aliphatic heterocycles. The second-order valence-corrected chi connectivity index (χ2v) is 15.5. The number of aromatic amines is 1. The number of nitrogens with two attached hydrogens (primary N) is 3. The highest BCUT2D eigenvalue weighted by atomic mass is 16.3. The zero-order chi connectivity index (χ0) is 46.6. The number of carbonyl (C=O) groups excluding carboxylic acids is 7. The summed E-state index contributed by atoms with van der Waals surface area (Å²) in [5.41, 5.74) is 19.0. The number of rotatable bonds is 26. The first-order valence-corrected chi connectivity index (χ1v) is 21.1. The Balaban J connectivity index is 1.73. The van der Waals surface area contributed by atoms with Gasteiger partial charge in [-0.25, -0.2) is 0 Å². The maximum atomic E-state index is 14.1. The van der Waals surface area contributed by atoms with Gasteiger partial charge in [0.1, 0.15) is 36.4 Å². The van der Waals surface area contributed by atoms with E-state index in [0.29, 0.717) is 18.4 Å². The van der Waals surface area contributed by atoms with Gasteiger partial charge in [0.2, 0.25) is 41.4 Å². The molecule has 7 amide bonds. The Morgan fingerprint density at radius 3 is 1.86 bits per heavy atom. The van der Waals surface area contributed by atoms with Gasteiger partial charge in [-0.15, -0.1) is 0 Å². The molecule has 0 aliphatic rings. The summed E-state index contributed by atoms with van der Waals surface area (Å²) in [5.74, 6) is -4.67. The number of aliphatic imine (C=N–C) groups is 1. The lowest BCUT2D eigenvalue weighted by Gasteiger charge is -2.28. The van der Waals surface area contributed by atoms with E-state index in [1.54, 1.807) is 36.5 Å². The van der Waals surface area contributed by atoms with Gasteiger partial charge in [0.05, 0.1) is 12.1 Å². The summed E-state index contributed by atoms with van der Waals surface area (Å²) in [5, 5.41) is 30.6. The van der Waals surface area contributed by atoms with Crippen molar-refractivity contribution in [3.05, 3.63) is 71.9 Å². The summed E-state index contributed by atoms with van der Waals surface area (Å²) in [6, 6.07) is 8.75. The molecule has 20 heteroatoms. The van der Waals surface area contributed by atoms with E-state index in [1.807, 2.05) is 31.2 Å². The highest BCUT2D eigenvalue weighted by Crippen LogP contribution is 2.19. The van der Waals surface area contributed by atoms with Gasteiger partial charge in [-0.1, -0.05) is 68.3 Å². The molecular weight excluding hydrogens is 813 g/mol. The van der Waals surface area contributed by atoms with E-state index in [4.69, 9.17) is 17.2 Å². The number of para-hydroxylation sites is 1. The summed E-state index contributed by atoms with van der Waals surface area (Å²) in [6.45, 7) is 7.71. The molecule has 3 aromatic rings. The number of aromatic nitrogens is 1. The van der Waals surface area contributed by atoms with Crippen LogP contribution in [0.25, 0.3) is 10.9 Å². The monoisotopic (exact) mass is 876 g/mol. The maximum Gasteiger partial charge on any atom is 0.243 e. The lowest BCUT2D eigenvalue weighted by atomic mass is 10.0. The molecule has 2 aromatic carbocycles. The summed E-state index contributed by atoms with van der Waals surface area (Å²) < 4.78 is 0. The first-order chi connectivity index (χ1) is 29.9. The van der Waals surface area contributed by atoms with Crippen molar-refractivity contribution in [3.63, 3.8) is 0 Å². The van der Waals surface area contributed by atoms with E-state index in [9.17, 15) is 38.7 Å². The lowest BCUT2D eigenvalue weighted by Crippen LogP contribution is -2.60. The molecule has 344 valence electrons. The summed E-state index contributed by atoms with van der Waals surface area (Å²) in [4.78, 5) is 98.7. The molecule has 1 heterocycles. The number of hydrogen-bond acceptors (Lipinski definition) is 10. The third-order valence-electron chi connectivity index (χ3n) is 10.2. The Kier molecular flexibility index (Phi) is 20.5. The first-order valence-electron chi connectivity index (χ1n) is 21.1. The van der Waals surface area contributed by atoms with E-state index in [1.165, 1.54) is 27.7 Å². The van der Waals surface area contributed by atoms with Crippen LogP contribution in [-0.4, -0.2) is 112 Å². The van der Waals surface area contributed by atoms with Gasteiger partial charge in [0.25, 0.3) is 0 Å². The van der Waals surface area contributed by atoms with Crippen LogP contribution in [0, 0.1) is 0 Å². The van der Waals surface area contributed by atoms with Gasteiger partial charge in [-0.2, -0.15) is 0 Å². The number of fused-ring (bicyclic) bond motifs is 1. The topological polar surface area (TPSA) is 330 Å². The molecule has 0 spiro atoms. The number of aliphatic hydroxyl groups is 1. The van der Waals surface area contributed by atoms with Crippen molar-refractivity contribution in [2.45, 2.75) is 128 Å². The standard InChI is InChI=1S/C43H64N12O8/c1-6-7-17-32(52-27(5)56)40(61)50-24(2)37(58)49-25(3)39(60)55-35(21-28-14-9-8-10-15-28)42(63)53-33(19-13-20-47-43(45)46)41(62)51-26(4)38(59)54-34(36(44)57)22-29-23-48-31-18-12-11-16-30(29)31/h8-12,14-16,18,23-26,32-35,38,48,54,59H,6-7,13,17,19-22H2,1-5H3,(H2,44,57)(H,49,58)(H,50,61)(H,51,62)(H,52,56)(H,53,63)(H,55,60)(H4,45,46,47). The molecule has 0 fully saturated rings. The third-order valence-corrected chi connectivity index (χ3v) is 10.2. The van der Waals surface area contributed by atoms with Crippen LogP contribution in [-0.2, 0) is 46.4 Å². The Bertz CT molecular complexity index is 2040. The van der Waals surface area contributed by atoms with Crippen LogP contribution in [0.1, 0.15) is 77.8 Å². The number of unbranched alkanes of at least 4 members (excludes halogenated alkanes) is 1. The number of nitrogens with zero attached hydrogens (tertiary/aromatic N) is 1. The van der Waals surface area contributed by atoms with Crippen molar-refractivity contribution >= 4 is 58.2 Å². The smallest absolute Gasteiger partial charge is 0.243 e. The first kappa shape index (κ1) is 50.8. The Hall–Kier alpha value is -6.54. The zero-order valence-corrected chi connectivity index (χ0v) is 36.5. The molecular formula is C43H64N12O8. The number of aliphatic hydroxyl groups excluding tert-OH is 1. The predicted molar refractivity (Wildman–Crippen MR) is 238 cm³/mol. The predicted octanol–water partition coefficient (Wildman–Crippen LogP) is -1.05. The number of carbonyl (C=O) groups is 7. The number of primary amides is 1. The van der Waals surface area contributed by atoms with E-state index in [-0.39, 0.29) is 38.2 Å². The molecule has 0 aliphatic carbocycles. The molecule has 1 aromatic heterocycles. The molecule has 0 bridgehead atoms. The number of nitrogens with one attached hydrogen (secondary N) is 8. The maximum absolute atomic E-state index is 14.1. The second kappa shape index (κ2) is 25.4. The minimum absolute atomic E-state index is 0.000147. The van der Waals surface area contributed by atoms with Gasteiger partial charge in [-0.3, -0.25) is 43.9 Å². The van der Waals surface area contributed by atoms with E-state index >= 15 is 0 Å².